The fourth-order valence-corrected chi connectivity index (χ4v) is 2.68. The molecule has 0 saturated heterocycles. The van der Waals surface area contributed by atoms with E-state index in [9.17, 15) is 4.79 Å². The normalized spacial score (nSPS) is 10.9. The molecule has 144 valence electrons. The van der Waals surface area contributed by atoms with Crippen LogP contribution in [-0.2, 0) is 4.79 Å². The Hall–Kier alpha value is -3.03. The first-order valence-corrected chi connectivity index (χ1v) is 8.84. The maximum atomic E-state index is 12.1. The van der Waals surface area contributed by atoms with Crippen LogP contribution in [0.15, 0.2) is 42.5 Å². The van der Waals surface area contributed by atoms with Crippen LogP contribution in [0, 0.1) is 0 Å². The van der Waals surface area contributed by atoms with Gasteiger partial charge in [0.25, 0.3) is 5.91 Å². The number of anilines is 1. The molecule has 1 amide bonds. The Bertz CT molecular complexity index is 1030. The number of aromatic amines is 1. The lowest BCUT2D eigenvalue weighted by molar-refractivity contribution is -0.111. The summed E-state index contributed by atoms with van der Waals surface area (Å²) in [7, 11) is 3.12. The van der Waals surface area contributed by atoms with E-state index in [0.29, 0.717) is 32.9 Å². The highest BCUT2D eigenvalue weighted by Gasteiger charge is 2.13. The van der Waals surface area contributed by atoms with E-state index in [-0.39, 0.29) is 5.95 Å². The van der Waals surface area contributed by atoms with Crippen LogP contribution in [0.3, 0.4) is 0 Å². The summed E-state index contributed by atoms with van der Waals surface area (Å²) >= 11 is 11.8. The minimum absolute atomic E-state index is 0.136. The summed E-state index contributed by atoms with van der Waals surface area (Å²) in [5.74, 6) is 1.41. The number of benzene rings is 2. The SMILES string of the molecule is COc1ccc(-c2nc(NC(=O)/C=C/c3ccc(Cl)c(Cl)c3)n[nH]2)c(OC)c1. The quantitative estimate of drug-likeness (QED) is 0.577. The van der Waals surface area contributed by atoms with Gasteiger partial charge in [-0.2, -0.15) is 4.98 Å². The minimum Gasteiger partial charge on any atom is -0.497 e. The van der Waals surface area contributed by atoms with Gasteiger partial charge >= 0.3 is 0 Å². The number of hydrogen-bond donors (Lipinski definition) is 2. The molecule has 9 heteroatoms. The van der Waals surface area contributed by atoms with Gasteiger partial charge in [0.1, 0.15) is 11.5 Å². The molecule has 0 aliphatic rings. The number of methoxy groups -OCH3 is 2. The molecule has 7 nitrogen and oxygen atoms in total. The summed E-state index contributed by atoms with van der Waals surface area (Å²) in [6.45, 7) is 0. The van der Waals surface area contributed by atoms with Gasteiger partial charge in [-0.3, -0.25) is 15.2 Å². The van der Waals surface area contributed by atoms with Crippen LogP contribution in [0.4, 0.5) is 5.95 Å². The second-order valence-electron chi connectivity index (χ2n) is 5.57. The molecule has 0 bridgehead atoms. The predicted octanol–water partition coefficient (Wildman–Crippen LogP) is 4.45. The zero-order valence-corrected chi connectivity index (χ0v) is 16.5. The third-order valence-corrected chi connectivity index (χ3v) is 4.49. The first-order valence-electron chi connectivity index (χ1n) is 8.09. The molecule has 0 unspecified atom stereocenters. The monoisotopic (exact) mass is 418 g/mol. The van der Waals surface area contributed by atoms with Crippen LogP contribution >= 0.6 is 23.2 Å². The first-order chi connectivity index (χ1) is 13.5. The zero-order chi connectivity index (χ0) is 20.1. The molecule has 2 N–H and O–H groups in total. The van der Waals surface area contributed by atoms with Gasteiger partial charge in [0.05, 0.1) is 29.8 Å². The minimum atomic E-state index is -0.390. The largest absolute Gasteiger partial charge is 0.497 e. The number of aromatic nitrogens is 3. The van der Waals surface area contributed by atoms with Crippen molar-refractivity contribution in [3.05, 3.63) is 58.1 Å². The van der Waals surface area contributed by atoms with Crippen molar-refractivity contribution in [2.75, 3.05) is 19.5 Å². The number of H-pyrrole nitrogens is 1. The lowest BCUT2D eigenvalue weighted by Crippen LogP contribution is -2.09. The molecule has 0 fully saturated rings. The fourth-order valence-electron chi connectivity index (χ4n) is 2.37. The summed E-state index contributed by atoms with van der Waals surface area (Å²) in [5.41, 5.74) is 1.42. The van der Waals surface area contributed by atoms with Crippen molar-refractivity contribution in [1.82, 2.24) is 15.2 Å². The Labute approximate surface area is 171 Å². The molecular formula is C19H16Cl2N4O3. The van der Waals surface area contributed by atoms with Crippen LogP contribution in [0.25, 0.3) is 17.5 Å². The van der Waals surface area contributed by atoms with Gasteiger partial charge in [0.2, 0.25) is 5.95 Å². The number of hydrogen-bond acceptors (Lipinski definition) is 5. The number of nitrogens with one attached hydrogen (secondary N) is 2. The van der Waals surface area contributed by atoms with Gasteiger partial charge in [-0.25, -0.2) is 0 Å². The smallest absolute Gasteiger partial charge is 0.250 e. The van der Waals surface area contributed by atoms with E-state index in [1.165, 1.54) is 6.08 Å². The maximum absolute atomic E-state index is 12.1. The molecule has 0 saturated carbocycles. The third-order valence-electron chi connectivity index (χ3n) is 3.76. The second kappa shape index (κ2) is 8.77. The van der Waals surface area contributed by atoms with Crippen molar-refractivity contribution in [2.24, 2.45) is 0 Å². The van der Waals surface area contributed by atoms with Gasteiger partial charge in [-0.15, -0.1) is 5.10 Å². The number of halogens is 2. The molecule has 28 heavy (non-hydrogen) atoms. The predicted molar refractivity (Wildman–Crippen MR) is 109 cm³/mol. The van der Waals surface area contributed by atoms with E-state index in [4.69, 9.17) is 32.7 Å². The Kier molecular flexibility index (Phi) is 6.18. The molecule has 0 aliphatic carbocycles. The van der Waals surface area contributed by atoms with E-state index in [2.05, 4.69) is 20.5 Å². The van der Waals surface area contributed by atoms with Crippen molar-refractivity contribution < 1.29 is 14.3 Å². The lowest BCUT2D eigenvalue weighted by atomic mass is 10.2. The van der Waals surface area contributed by atoms with Crippen molar-refractivity contribution in [1.29, 1.82) is 0 Å². The number of ether oxygens (including phenoxy) is 2. The van der Waals surface area contributed by atoms with Crippen molar-refractivity contribution in [2.45, 2.75) is 0 Å². The molecule has 1 aromatic heterocycles. The topological polar surface area (TPSA) is 89.1 Å². The average Bonchev–Trinajstić information content (AvgIpc) is 3.16. The van der Waals surface area contributed by atoms with E-state index < -0.39 is 5.91 Å². The highest BCUT2D eigenvalue weighted by molar-refractivity contribution is 6.42. The van der Waals surface area contributed by atoms with Crippen LogP contribution in [0.1, 0.15) is 5.56 Å². The number of nitrogens with zero attached hydrogens (tertiary/aromatic N) is 2. The third kappa shape index (κ3) is 4.62. The van der Waals surface area contributed by atoms with Crippen LogP contribution in [0.5, 0.6) is 11.5 Å². The lowest BCUT2D eigenvalue weighted by Gasteiger charge is -2.07. The Balaban J connectivity index is 1.71. The Morgan fingerprint density at radius 3 is 2.64 bits per heavy atom. The van der Waals surface area contributed by atoms with Crippen LogP contribution in [0.2, 0.25) is 10.0 Å². The Morgan fingerprint density at radius 2 is 1.93 bits per heavy atom. The number of amides is 1. The van der Waals surface area contributed by atoms with Crippen LogP contribution in [-0.4, -0.2) is 35.3 Å². The maximum Gasteiger partial charge on any atom is 0.250 e. The second-order valence-corrected chi connectivity index (χ2v) is 6.38. The van der Waals surface area contributed by atoms with Gasteiger partial charge in [0, 0.05) is 12.1 Å². The van der Waals surface area contributed by atoms with Crippen molar-refractivity contribution in [3.8, 4) is 22.9 Å². The molecule has 2 aromatic carbocycles. The van der Waals surface area contributed by atoms with E-state index in [0.717, 1.165) is 5.56 Å². The molecule has 1 heterocycles. The molecule has 3 rings (SSSR count). The van der Waals surface area contributed by atoms with E-state index in [1.807, 2.05) is 0 Å². The average molecular weight is 419 g/mol. The summed E-state index contributed by atoms with van der Waals surface area (Å²) in [6, 6.07) is 10.4. The zero-order valence-electron chi connectivity index (χ0n) is 15.0. The number of rotatable bonds is 6. The highest BCUT2D eigenvalue weighted by Crippen LogP contribution is 2.31. The van der Waals surface area contributed by atoms with Gasteiger partial charge < -0.3 is 9.47 Å². The standard InChI is InChI=1S/C19H16Cl2N4O3/c1-27-12-5-6-13(16(10-12)28-2)18-23-19(25-24-18)22-17(26)8-4-11-3-7-14(20)15(21)9-11/h3-10H,1-2H3,(H2,22,23,24,25,26)/b8-4+. The molecule has 0 atom stereocenters. The number of carbonyl (C=O) groups is 1. The van der Waals surface area contributed by atoms with E-state index >= 15 is 0 Å². The highest BCUT2D eigenvalue weighted by atomic mass is 35.5. The van der Waals surface area contributed by atoms with Gasteiger partial charge in [-0.1, -0.05) is 29.3 Å². The van der Waals surface area contributed by atoms with Crippen molar-refractivity contribution in [3.63, 3.8) is 0 Å². The van der Waals surface area contributed by atoms with Crippen molar-refractivity contribution >= 4 is 41.1 Å². The van der Waals surface area contributed by atoms with Gasteiger partial charge in [-0.05, 0) is 35.9 Å². The van der Waals surface area contributed by atoms with Gasteiger partial charge in [0.15, 0.2) is 5.82 Å². The summed E-state index contributed by atoms with van der Waals surface area (Å²) in [6.07, 6.45) is 2.96. The number of carbonyl (C=O) groups excluding carboxylic acids is 1. The summed E-state index contributed by atoms with van der Waals surface area (Å²) in [5, 5.41) is 10.2. The summed E-state index contributed by atoms with van der Waals surface area (Å²) < 4.78 is 10.5. The summed E-state index contributed by atoms with van der Waals surface area (Å²) in [4.78, 5) is 16.4. The molecule has 0 spiro atoms. The van der Waals surface area contributed by atoms with Crippen LogP contribution < -0.4 is 14.8 Å². The Morgan fingerprint density at radius 1 is 1.11 bits per heavy atom. The fraction of sp³-hybridized carbons (Fsp3) is 0.105. The molecule has 3 aromatic rings. The van der Waals surface area contributed by atoms with E-state index in [1.54, 1.807) is 56.7 Å². The molecular weight excluding hydrogens is 403 g/mol. The molecule has 0 aliphatic heterocycles. The molecule has 0 radical (unpaired) electrons. The first kappa shape index (κ1) is 19.7.